The molecular formula is C18H18F3N3O4S. The first-order valence-corrected chi connectivity index (χ1v) is 10.1. The number of benzene rings is 2. The Labute approximate surface area is 165 Å². The van der Waals surface area contributed by atoms with Gasteiger partial charge in [0.05, 0.1) is 15.4 Å². The van der Waals surface area contributed by atoms with Crippen LogP contribution < -0.4 is 0 Å². The summed E-state index contributed by atoms with van der Waals surface area (Å²) in [5, 5.41) is 11.1. The molecule has 0 N–H and O–H groups in total. The lowest BCUT2D eigenvalue weighted by molar-refractivity contribution is -0.385. The fourth-order valence-corrected chi connectivity index (χ4v) is 4.58. The van der Waals surface area contributed by atoms with Crippen LogP contribution in [0.4, 0.5) is 18.9 Å². The van der Waals surface area contributed by atoms with Crippen LogP contribution in [0.2, 0.25) is 0 Å². The minimum Gasteiger partial charge on any atom is -0.296 e. The summed E-state index contributed by atoms with van der Waals surface area (Å²) < 4.78 is 64.6. The lowest BCUT2D eigenvalue weighted by atomic mass is 10.1. The van der Waals surface area contributed by atoms with Crippen molar-refractivity contribution in [2.45, 2.75) is 17.6 Å². The minimum atomic E-state index is -4.53. The van der Waals surface area contributed by atoms with E-state index < -0.39 is 26.7 Å². The highest BCUT2D eigenvalue weighted by Crippen LogP contribution is 2.30. The van der Waals surface area contributed by atoms with Gasteiger partial charge in [-0.15, -0.1) is 0 Å². The zero-order valence-corrected chi connectivity index (χ0v) is 16.0. The van der Waals surface area contributed by atoms with E-state index in [4.69, 9.17) is 0 Å². The molecule has 0 atom stereocenters. The van der Waals surface area contributed by atoms with Gasteiger partial charge in [-0.1, -0.05) is 18.2 Å². The van der Waals surface area contributed by atoms with Crippen LogP contribution in [-0.2, 0) is 22.7 Å². The third-order valence-corrected chi connectivity index (χ3v) is 6.65. The molecule has 1 heterocycles. The average Bonchev–Trinajstić information content (AvgIpc) is 2.68. The molecular weight excluding hydrogens is 411 g/mol. The molecule has 156 valence electrons. The number of piperazine rings is 1. The molecule has 29 heavy (non-hydrogen) atoms. The predicted octanol–water partition coefficient (Wildman–Crippen LogP) is 3.12. The Morgan fingerprint density at radius 2 is 1.55 bits per heavy atom. The molecule has 0 radical (unpaired) electrons. The molecule has 1 aliphatic heterocycles. The van der Waals surface area contributed by atoms with Crippen LogP contribution in [-0.4, -0.2) is 48.7 Å². The van der Waals surface area contributed by atoms with Gasteiger partial charge in [-0.05, 0) is 24.3 Å². The first-order chi connectivity index (χ1) is 13.6. The van der Waals surface area contributed by atoms with Gasteiger partial charge in [0.2, 0.25) is 10.0 Å². The molecule has 1 aliphatic rings. The number of para-hydroxylation sites is 1. The summed E-state index contributed by atoms with van der Waals surface area (Å²) in [7, 11) is -3.91. The number of sulfonamides is 1. The van der Waals surface area contributed by atoms with Crippen molar-refractivity contribution in [3.63, 3.8) is 0 Å². The zero-order chi connectivity index (χ0) is 21.2. The zero-order valence-electron chi connectivity index (χ0n) is 15.2. The number of alkyl halides is 3. The number of rotatable bonds is 5. The van der Waals surface area contributed by atoms with Crippen molar-refractivity contribution in [2.24, 2.45) is 0 Å². The number of nitro benzene ring substituents is 1. The molecule has 2 aromatic carbocycles. The fraction of sp³-hybridized carbons (Fsp3) is 0.333. The highest BCUT2D eigenvalue weighted by Gasteiger charge is 2.32. The van der Waals surface area contributed by atoms with Crippen molar-refractivity contribution in [1.82, 2.24) is 9.21 Å². The van der Waals surface area contributed by atoms with E-state index in [1.165, 1.54) is 10.4 Å². The Morgan fingerprint density at radius 1 is 0.966 bits per heavy atom. The van der Waals surface area contributed by atoms with E-state index >= 15 is 0 Å². The Balaban J connectivity index is 1.66. The second-order valence-electron chi connectivity index (χ2n) is 6.59. The Kier molecular flexibility index (Phi) is 5.92. The molecule has 0 unspecified atom stereocenters. The van der Waals surface area contributed by atoms with Crippen LogP contribution in [0, 0.1) is 10.1 Å². The third kappa shape index (κ3) is 4.74. The van der Waals surface area contributed by atoms with E-state index in [-0.39, 0.29) is 23.7 Å². The molecule has 11 heteroatoms. The van der Waals surface area contributed by atoms with E-state index in [9.17, 15) is 31.7 Å². The van der Waals surface area contributed by atoms with E-state index in [1.54, 1.807) is 18.2 Å². The molecule has 0 bridgehead atoms. The molecule has 0 amide bonds. The quantitative estimate of drug-likeness (QED) is 0.539. The molecule has 3 rings (SSSR count). The van der Waals surface area contributed by atoms with Gasteiger partial charge >= 0.3 is 6.18 Å². The molecule has 0 saturated carbocycles. The van der Waals surface area contributed by atoms with Gasteiger partial charge in [-0.25, -0.2) is 8.42 Å². The lowest BCUT2D eigenvalue weighted by Gasteiger charge is -2.33. The summed E-state index contributed by atoms with van der Waals surface area (Å²) in [5.74, 6) is 0. The van der Waals surface area contributed by atoms with Crippen LogP contribution in [0.3, 0.4) is 0 Å². The van der Waals surface area contributed by atoms with Gasteiger partial charge in [-0.2, -0.15) is 17.5 Å². The monoisotopic (exact) mass is 429 g/mol. The molecule has 7 nitrogen and oxygen atoms in total. The lowest BCUT2D eigenvalue weighted by Crippen LogP contribution is -2.48. The fourth-order valence-electron chi connectivity index (χ4n) is 3.16. The smallest absolute Gasteiger partial charge is 0.296 e. The SMILES string of the molecule is O=[N+]([O-])c1ccccc1CN1CCN(S(=O)(=O)c2ccc(C(F)(F)F)cc2)CC1. The van der Waals surface area contributed by atoms with Crippen molar-refractivity contribution < 1.29 is 26.5 Å². The Hall–Kier alpha value is -2.50. The summed E-state index contributed by atoms with van der Waals surface area (Å²) in [6.07, 6.45) is -4.53. The maximum atomic E-state index is 12.7. The maximum Gasteiger partial charge on any atom is 0.416 e. The average molecular weight is 429 g/mol. The number of hydrogen-bond donors (Lipinski definition) is 0. The first kappa shape index (κ1) is 21.2. The van der Waals surface area contributed by atoms with Gasteiger partial charge in [0.25, 0.3) is 5.69 Å². The number of nitro groups is 1. The van der Waals surface area contributed by atoms with Crippen molar-refractivity contribution in [3.05, 3.63) is 69.8 Å². The van der Waals surface area contributed by atoms with Crippen molar-refractivity contribution >= 4 is 15.7 Å². The molecule has 1 saturated heterocycles. The van der Waals surface area contributed by atoms with Gasteiger partial charge in [-0.3, -0.25) is 15.0 Å². The summed E-state index contributed by atoms with van der Waals surface area (Å²) in [4.78, 5) is 12.4. The van der Waals surface area contributed by atoms with E-state index in [1.807, 2.05) is 4.90 Å². The van der Waals surface area contributed by atoms with Crippen LogP contribution in [0.25, 0.3) is 0 Å². The van der Waals surface area contributed by atoms with Crippen LogP contribution in [0.15, 0.2) is 53.4 Å². The van der Waals surface area contributed by atoms with Gasteiger partial charge < -0.3 is 0 Å². The van der Waals surface area contributed by atoms with Gasteiger partial charge in [0.1, 0.15) is 0 Å². The van der Waals surface area contributed by atoms with Gasteiger partial charge in [0.15, 0.2) is 0 Å². The van der Waals surface area contributed by atoms with Crippen molar-refractivity contribution in [2.75, 3.05) is 26.2 Å². The highest BCUT2D eigenvalue weighted by atomic mass is 32.2. The van der Waals surface area contributed by atoms with E-state index in [0.29, 0.717) is 25.2 Å². The normalized spacial score (nSPS) is 16.7. The number of hydrogen-bond acceptors (Lipinski definition) is 5. The second-order valence-corrected chi connectivity index (χ2v) is 8.53. The van der Waals surface area contributed by atoms with Crippen LogP contribution in [0.1, 0.15) is 11.1 Å². The van der Waals surface area contributed by atoms with E-state index in [0.717, 1.165) is 24.3 Å². The molecule has 0 aromatic heterocycles. The van der Waals surface area contributed by atoms with Crippen molar-refractivity contribution in [1.29, 1.82) is 0 Å². The Bertz CT molecular complexity index is 986. The number of nitrogens with zero attached hydrogens (tertiary/aromatic N) is 3. The molecule has 1 fully saturated rings. The van der Waals surface area contributed by atoms with Crippen LogP contribution >= 0.6 is 0 Å². The third-order valence-electron chi connectivity index (χ3n) is 4.73. The standard InChI is InChI=1S/C18H18F3N3O4S/c19-18(20,21)15-5-7-16(8-6-15)29(27,28)23-11-9-22(10-12-23)13-14-3-1-2-4-17(14)24(25)26/h1-8H,9-13H2. The largest absolute Gasteiger partial charge is 0.416 e. The minimum absolute atomic E-state index is 0.00676. The summed E-state index contributed by atoms with van der Waals surface area (Å²) >= 11 is 0. The molecule has 0 aliphatic carbocycles. The topological polar surface area (TPSA) is 83.8 Å². The first-order valence-electron chi connectivity index (χ1n) is 8.71. The second kappa shape index (κ2) is 8.09. The summed E-state index contributed by atoms with van der Waals surface area (Å²) in [5.41, 5.74) is -0.366. The summed E-state index contributed by atoms with van der Waals surface area (Å²) in [6.45, 7) is 1.30. The van der Waals surface area contributed by atoms with Crippen LogP contribution in [0.5, 0.6) is 0 Å². The molecule has 2 aromatic rings. The molecule has 0 spiro atoms. The highest BCUT2D eigenvalue weighted by molar-refractivity contribution is 7.89. The van der Waals surface area contributed by atoms with E-state index in [2.05, 4.69) is 0 Å². The maximum absolute atomic E-state index is 12.7. The predicted molar refractivity (Wildman–Crippen MR) is 98.6 cm³/mol. The van der Waals surface area contributed by atoms with Gasteiger partial charge in [0, 0.05) is 44.4 Å². The van der Waals surface area contributed by atoms with Crippen molar-refractivity contribution in [3.8, 4) is 0 Å². The summed E-state index contributed by atoms with van der Waals surface area (Å²) in [6, 6.07) is 9.76. The Morgan fingerprint density at radius 3 is 2.10 bits per heavy atom. The number of halogens is 3.